The fourth-order valence-electron chi connectivity index (χ4n) is 1.50. The van der Waals surface area contributed by atoms with Gasteiger partial charge in [-0.15, -0.1) is 11.8 Å². The van der Waals surface area contributed by atoms with Gasteiger partial charge in [-0.1, -0.05) is 12.1 Å². The number of carbonyl (C=O) groups is 1. The maximum absolute atomic E-state index is 11.9. The second kappa shape index (κ2) is 6.90. The zero-order valence-electron chi connectivity index (χ0n) is 10.4. The zero-order valence-corrected chi connectivity index (χ0v) is 11.2. The van der Waals surface area contributed by atoms with E-state index in [4.69, 9.17) is 10.9 Å². The Labute approximate surface area is 110 Å². The Morgan fingerprint density at radius 3 is 2.56 bits per heavy atom. The number of hydrogen-bond acceptors (Lipinski definition) is 4. The fraction of sp³-hybridized carbons (Fsp3) is 0.333. The molecule has 98 valence electrons. The minimum Gasteiger partial charge on any atom is -0.409 e. The van der Waals surface area contributed by atoms with Gasteiger partial charge in [0, 0.05) is 10.6 Å². The Kier molecular flexibility index (Phi) is 5.51. The van der Waals surface area contributed by atoms with Gasteiger partial charge < -0.3 is 16.3 Å². The molecule has 5 nitrogen and oxygen atoms in total. The third-order valence-corrected chi connectivity index (χ3v) is 3.30. The molecule has 0 aliphatic carbocycles. The van der Waals surface area contributed by atoms with E-state index in [9.17, 15) is 4.79 Å². The molecule has 0 aliphatic rings. The van der Waals surface area contributed by atoms with E-state index < -0.39 is 5.92 Å². The molecule has 0 aromatic heterocycles. The van der Waals surface area contributed by atoms with E-state index in [1.807, 2.05) is 30.5 Å². The molecule has 0 fully saturated rings. The Morgan fingerprint density at radius 1 is 1.50 bits per heavy atom. The van der Waals surface area contributed by atoms with Gasteiger partial charge in [0.2, 0.25) is 5.91 Å². The molecule has 18 heavy (non-hydrogen) atoms. The lowest BCUT2D eigenvalue weighted by molar-refractivity contribution is -0.118. The van der Waals surface area contributed by atoms with Crippen LogP contribution in [-0.4, -0.2) is 23.2 Å². The molecule has 6 heteroatoms. The average Bonchev–Trinajstić information content (AvgIpc) is 2.40. The van der Waals surface area contributed by atoms with Crippen molar-refractivity contribution in [1.82, 2.24) is 0 Å². The van der Waals surface area contributed by atoms with E-state index in [1.54, 1.807) is 18.7 Å². The molecule has 0 radical (unpaired) electrons. The molecule has 4 N–H and O–H groups in total. The summed E-state index contributed by atoms with van der Waals surface area (Å²) < 4.78 is 0. The summed E-state index contributed by atoms with van der Waals surface area (Å²) in [7, 11) is 0. The molecule has 1 amide bonds. The molecule has 1 aromatic carbocycles. The predicted octanol–water partition coefficient (Wildman–Crippen LogP) is 2.12. The summed E-state index contributed by atoms with van der Waals surface area (Å²) >= 11 is 1.63. The minimum absolute atomic E-state index is 0.0734. The fourth-order valence-corrected chi connectivity index (χ4v) is 1.91. The summed E-state index contributed by atoms with van der Waals surface area (Å²) in [4.78, 5) is 13.0. The van der Waals surface area contributed by atoms with Crippen molar-refractivity contribution in [2.75, 3.05) is 11.6 Å². The van der Waals surface area contributed by atoms with Crippen LogP contribution in [0.15, 0.2) is 34.3 Å². The maximum atomic E-state index is 11.9. The summed E-state index contributed by atoms with van der Waals surface area (Å²) in [5.41, 5.74) is 6.16. The number of amidine groups is 1. The van der Waals surface area contributed by atoms with Crippen molar-refractivity contribution in [3.8, 4) is 0 Å². The number of amides is 1. The lowest BCUT2D eigenvalue weighted by atomic mass is 10.0. The van der Waals surface area contributed by atoms with Gasteiger partial charge in [-0.05, 0) is 36.9 Å². The minimum atomic E-state index is -0.616. The molecule has 1 rings (SSSR count). The van der Waals surface area contributed by atoms with Crippen LogP contribution in [-0.2, 0) is 4.79 Å². The first-order chi connectivity index (χ1) is 8.62. The highest BCUT2D eigenvalue weighted by Gasteiger charge is 2.21. The van der Waals surface area contributed by atoms with Crippen LogP contribution in [0.1, 0.15) is 13.3 Å². The molecule has 1 atom stereocenters. The van der Waals surface area contributed by atoms with Crippen LogP contribution in [0.4, 0.5) is 5.69 Å². The molecule has 0 spiro atoms. The Hall–Kier alpha value is -1.69. The van der Waals surface area contributed by atoms with Gasteiger partial charge in [0.15, 0.2) is 5.84 Å². The Balaban J connectivity index is 2.73. The summed E-state index contributed by atoms with van der Waals surface area (Å²) in [6.07, 6.45) is 2.46. The number of nitrogens with zero attached hydrogens (tertiary/aromatic N) is 1. The molecule has 0 saturated carbocycles. The topological polar surface area (TPSA) is 87.7 Å². The Bertz CT molecular complexity index is 431. The number of benzene rings is 1. The van der Waals surface area contributed by atoms with Gasteiger partial charge in [-0.3, -0.25) is 4.79 Å². The van der Waals surface area contributed by atoms with Crippen molar-refractivity contribution in [3.63, 3.8) is 0 Å². The second-order valence-electron chi connectivity index (χ2n) is 3.70. The highest BCUT2D eigenvalue weighted by atomic mass is 32.2. The number of nitrogens with one attached hydrogen (secondary N) is 1. The molecule has 0 bridgehead atoms. The molecule has 1 unspecified atom stereocenters. The highest BCUT2D eigenvalue weighted by molar-refractivity contribution is 7.98. The number of thioether (sulfide) groups is 1. The van der Waals surface area contributed by atoms with Crippen molar-refractivity contribution in [1.29, 1.82) is 0 Å². The molecule has 0 saturated heterocycles. The van der Waals surface area contributed by atoms with Crippen LogP contribution >= 0.6 is 11.8 Å². The quantitative estimate of drug-likeness (QED) is 0.251. The van der Waals surface area contributed by atoms with Crippen LogP contribution in [0.25, 0.3) is 0 Å². The molecule has 1 aromatic rings. The normalized spacial score (nSPS) is 13.1. The largest absolute Gasteiger partial charge is 0.409 e. The number of hydrogen-bond donors (Lipinski definition) is 3. The van der Waals surface area contributed by atoms with E-state index >= 15 is 0 Å². The zero-order chi connectivity index (χ0) is 13.5. The number of nitrogens with two attached hydrogens (primary N) is 1. The van der Waals surface area contributed by atoms with Gasteiger partial charge >= 0.3 is 0 Å². The van der Waals surface area contributed by atoms with Crippen molar-refractivity contribution in [2.45, 2.75) is 18.2 Å². The second-order valence-corrected chi connectivity index (χ2v) is 4.58. The monoisotopic (exact) mass is 267 g/mol. The lowest BCUT2D eigenvalue weighted by Gasteiger charge is -2.13. The van der Waals surface area contributed by atoms with Crippen LogP contribution in [0.3, 0.4) is 0 Å². The molecule has 0 aliphatic heterocycles. The lowest BCUT2D eigenvalue weighted by Crippen LogP contribution is -2.34. The summed E-state index contributed by atoms with van der Waals surface area (Å²) in [5.74, 6) is -0.962. The summed E-state index contributed by atoms with van der Waals surface area (Å²) in [6, 6.07) is 7.49. The van der Waals surface area contributed by atoms with Crippen molar-refractivity contribution >= 4 is 29.2 Å². The van der Waals surface area contributed by atoms with Crippen molar-refractivity contribution in [2.24, 2.45) is 16.8 Å². The summed E-state index contributed by atoms with van der Waals surface area (Å²) in [6.45, 7) is 1.80. The molecular formula is C12H17N3O2S. The number of carbonyl (C=O) groups excluding carboxylic acids is 1. The van der Waals surface area contributed by atoms with Gasteiger partial charge in [0.05, 0.1) is 5.92 Å². The predicted molar refractivity (Wildman–Crippen MR) is 74.0 cm³/mol. The molecular weight excluding hydrogens is 250 g/mol. The first-order valence-corrected chi connectivity index (χ1v) is 6.77. The third-order valence-electron chi connectivity index (χ3n) is 2.55. The van der Waals surface area contributed by atoms with Gasteiger partial charge in [-0.25, -0.2) is 0 Å². The SMILES string of the molecule is CCC(C(=O)Nc1ccc(SC)cc1)/C(N)=N/O. The van der Waals surface area contributed by atoms with Crippen LogP contribution in [0.2, 0.25) is 0 Å². The molecule has 0 heterocycles. The highest BCUT2D eigenvalue weighted by Crippen LogP contribution is 2.18. The average molecular weight is 267 g/mol. The van der Waals surface area contributed by atoms with E-state index in [1.165, 1.54) is 0 Å². The van der Waals surface area contributed by atoms with E-state index in [-0.39, 0.29) is 11.7 Å². The first kappa shape index (κ1) is 14.4. The first-order valence-electron chi connectivity index (χ1n) is 5.54. The van der Waals surface area contributed by atoms with Crippen LogP contribution in [0.5, 0.6) is 0 Å². The number of oxime groups is 1. The van der Waals surface area contributed by atoms with Gasteiger partial charge in [0.1, 0.15) is 0 Å². The maximum Gasteiger partial charge on any atom is 0.235 e. The number of anilines is 1. The third kappa shape index (κ3) is 3.66. The Morgan fingerprint density at radius 2 is 2.11 bits per heavy atom. The smallest absolute Gasteiger partial charge is 0.235 e. The van der Waals surface area contributed by atoms with Crippen molar-refractivity contribution < 1.29 is 10.0 Å². The van der Waals surface area contributed by atoms with Gasteiger partial charge in [-0.2, -0.15) is 0 Å². The summed E-state index contributed by atoms with van der Waals surface area (Å²) in [5, 5.41) is 14.2. The van der Waals surface area contributed by atoms with Gasteiger partial charge in [0.25, 0.3) is 0 Å². The van der Waals surface area contributed by atoms with E-state index in [0.29, 0.717) is 12.1 Å². The van der Waals surface area contributed by atoms with E-state index in [2.05, 4.69) is 10.5 Å². The van der Waals surface area contributed by atoms with Crippen LogP contribution < -0.4 is 11.1 Å². The number of rotatable bonds is 5. The van der Waals surface area contributed by atoms with E-state index in [0.717, 1.165) is 4.90 Å². The standard InChI is InChI=1S/C12H17N3O2S/c1-3-10(11(13)15-17)12(16)14-8-4-6-9(18-2)7-5-8/h4-7,10,17H,3H2,1-2H3,(H2,13,15)(H,14,16). The van der Waals surface area contributed by atoms with Crippen LogP contribution in [0, 0.1) is 5.92 Å². The van der Waals surface area contributed by atoms with Crippen molar-refractivity contribution in [3.05, 3.63) is 24.3 Å².